The molecule has 1 aromatic heterocycles. The summed E-state index contributed by atoms with van der Waals surface area (Å²) in [6.07, 6.45) is 1.82. The molecule has 0 fully saturated rings. The average molecular weight is 433 g/mol. The van der Waals surface area contributed by atoms with Crippen molar-refractivity contribution >= 4 is 11.5 Å². The van der Waals surface area contributed by atoms with Crippen LogP contribution < -0.4 is 10.1 Å². The Morgan fingerprint density at radius 3 is 2.75 bits per heavy atom. The second-order valence-corrected chi connectivity index (χ2v) is 7.78. The van der Waals surface area contributed by atoms with Gasteiger partial charge in [-0.2, -0.15) is 0 Å². The van der Waals surface area contributed by atoms with Crippen molar-refractivity contribution in [2.75, 3.05) is 26.8 Å². The first kappa shape index (κ1) is 21.8. The molecule has 1 aliphatic heterocycles. The molecule has 1 N–H and O–H groups in total. The van der Waals surface area contributed by atoms with Crippen molar-refractivity contribution in [2.24, 2.45) is 0 Å². The summed E-state index contributed by atoms with van der Waals surface area (Å²) in [6, 6.07) is 17.9. The summed E-state index contributed by atoms with van der Waals surface area (Å²) in [6.45, 7) is 4.03. The summed E-state index contributed by atoms with van der Waals surface area (Å²) in [5, 5.41) is 3.39. The van der Waals surface area contributed by atoms with E-state index < -0.39 is 0 Å². The Morgan fingerprint density at radius 2 is 1.94 bits per heavy atom. The maximum absolute atomic E-state index is 11.8. The number of aromatic nitrogens is 1. The third-order valence-electron chi connectivity index (χ3n) is 5.62. The van der Waals surface area contributed by atoms with Crippen LogP contribution in [0.15, 0.2) is 64.6 Å². The van der Waals surface area contributed by atoms with Gasteiger partial charge in [0.25, 0.3) is 0 Å². The van der Waals surface area contributed by atoms with E-state index in [1.807, 2.05) is 55.5 Å². The lowest BCUT2D eigenvalue weighted by atomic mass is 9.93. The molecule has 0 unspecified atom stereocenters. The quantitative estimate of drug-likeness (QED) is 0.525. The zero-order valence-corrected chi connectivity index (χ0v) is 18.5. The first-order valence-corrected chi connectivity index (χ1v) is 10.9. The largest absolute Gasteiger partial charge is 0.493 e. The molecule has 32 heavy (non-hydrogen) atoms. The van der Waals surface area contributed by atoms with Gasteiger partial charge in [0.1, 0.15) is 11.5 Å². The summed E-state index contributed by atoms with van der Waals surface area (Å²) in [7, 11) is 1.43. The highest BCUT2D eigenvalue weighted by Gasteiger charge is 2.17. The van der Waals surface area contributed by atoms with Gasteiger partial charge in [-0.15, -0.1) is 0 Å². The number of aryl methyl sites for hydroxylation is 1. The molecule has 0 saturated carbocycles. The highest BCUT2D eigenvalue weighted by atomic mass is 16.5. The third kappa shape index (κ3) is 5.26. The number of esters is 1. The molecule has 1 aliphatic rings. The zero-order valence-electron chi connectivity index (χ0n) is 18.5. The average Bonchev–Trinajstić information content (AvgIpc) is 3.20. The van der Waals surface area contributed by atoms with Crippen molar-refractivity contribution in [3.05, 3.63) is 77.2 Å². The lowest BCUT2D eigenvalue weighted by Gasteiger charge is -2.21. The van der Waals surface area contributed by atoms with Gasteiger partial charge < -0.3 is 19.2 Å². The number of benzene rings is 2. The molecule has 0 aliphatic carbocycles. The van der Waals surface area contributed by atoms with Crippen LogP contribution in [0.2, 0.25) is 0 Å². The van der Waals surface area contributed by atoms with Crippen molar-refractivity contribution in [3.63, 3.8) is 0 Å². The van der Waals surface area contributed by atoms with Gasteiger partial charge in [-0.05, 0) is 55.3 Å². The fraction of sp³-hybridized carbons (Fsp3) is 0.308. The zero-order chi connectivity index (χ0) is 22.3. The molecule has 0 amide bonds. The number of methoxy groups -OCH3 is 1. The van der Waals surface area contributed by atoms with Crippen LogP contribution in [0.3, 0.4) is 0 Å². The normalized spacial score (nSPS) is 13.8. The van der Waals surface area contributed by atoms with Crippen molar-refractivity contribution in [2.45, 2.75) is 26.2 Å². The number of carbonyl (C=O) groups is 1. The summed E-state index contributed by atoms with van der Waals surface area (Å²) in [4.78, 5) is 16.4. The van der Waals surface area contributed by atoms with E-state index >= 15 is 0 Å². The van der Waals surface area contributed by atoms with Gasteiger partial charge in [-0.3, -0.25) is 4.79 Å². The first-order chi connectivity index (χ1) is 15.6. The molecule has 0 atom stereocenters. The lowest BCUT2D eigenvalue weighted by molar-refractivity contribution is -0.139. The monoisotopic (exact) mass is 432 g/mol. The minimum Gasteiger partial charge on any atom is -0.493 e. The Kier molecular flexibility index (Phi) is 7.02. The van der Waals surface area contributed by atoms with Gasteiger partial charge in [0.05, 0.1) is 25.8 Å². The van der Waals surface area contributed by atoms with Crippen molar-refractivity contribution in [1.29, 1.82) is 0 Å². The van der Waals surface area contributed by atoms with Crippen LogP contribution in [-0.2, 0) is 16.0 Å². The maximum atomic E-state index is 11.8. The van der Waals surface area contributed by atoms with Gasteiger partial charge in [-0.25, -0.2) is 4.98 Å². The van der Waals surface area contributed by atoms with Gasteiger partial charge in [-0.1, -0.05) is 35.9 Å². The van der Waals surface area contributed by atoms with E-state index in [0.717, 1.165) is 59.0 Å². The Labute approximate surface area is 188 Å². The highest BCUT2D eigenvalue weighted by molar-refractivity contribution is 5.80. The lowest BCUT2D eigenvalue weighted by Crippen LogP contribution is -2.25. The standard InChI is InChI=1S/C26H28N2O4/c1-18-24(28-26(32-18)19-7-4-3-5-8-19)12-14-31-22-10-6-9-20(15-22)23-17-27-13-11-21(23)16-25(29)30-2/h3-10,15,27H,11-14,16-17H2,1-2H3. The topological polar surface area (TPSA) is 73.6 Å². The van der Waals surface area contributed by atoms with Crippen molar-refractivity contribution in [3.8, 4) is 17.2 Å². The molecule has 0 radical (unpaired) electrons. The Hall–Kier alpha value is -3.38. The fourth-order valence-electron chi connectivity index (χ4n) is 3.88. The van der Waals surface area contributed by atoms with Gasteiger partial charge in [0.15, 0.2) is 0 Å². The molecule has 4 rings (SSSR count). The van der Waals surface area contributed by atoms with Crippen LogP contribution in [-0.4, -0.2) is 37.8 Å². The minimum absolute atomic E-state index is 0.204. The summed E-state index contributed by atoms with van der Waals surface area (Å²) in [5.41, 5.74) is 5.20. The number of nitrogens with one attached hydrogen (secondary N) is 1. The predicted octanol–water partition coefficient (Wildman–Crippen LogP) is 4.58. The molecule has 6 heteroatoms. The van der Waals surface area contributed by atoms with Crippen LogP contribution in [0.4, 0.5) is 0 Å². The molecule has 166 valence electrons. The number of nitrogens with zero attached hydrogens (tertiary/aromatic N) is 1. The number of ether oxygens (including phenoxy) is 2. The minimum atomic E-state index is -0.204. The SMILES string of the molecule is COC(=O)CC1=C(c2cccc(OCCc3nc(-c4ccccc4)oc3C)c2)CNCC1. The molecule has 0 bridgehead atoms. The third-order valence-corrected chi connectivity index (χ3v) is 5.62. The molecular weight excluding hydrogens is 404 g/mol. The molecule has 0 saturated heterocycles. The van der Waals surface area contributed by atoms with E-state index in [-0.39, 0.29) is 5.97 Å². The first-order valence-electron chi connectivity index (χ1n) is 10.9. The van der Waals surface area contributed by atoms with Crippen molar-refractivity contribution in [1.82, 2.24) is 10.3 Å². The van der Waals surface area contributed by atoms with E-state index in [0.29, 0.717) is 25.3 Å². The molecule has 0 spiro atoms. The van der Waals surface area contributed by atoms with Crippen molar-refractivity contribution < 1.29 is 18.7 Å². The van der Waals surface area contributed by atoms with Crippen LogP contribution >= 0.6 is 0 Å². The van der Waals surface area contributed by atoms with Gasteiger partial charge in [0, 0.05) is 18.5 Å². The molecule has 6 nitrogen and oxygen atoms in total. The summed E-state index contributed by atoms with van der Waals surface area (Å²) >= 11 is 0. The Balaban J connectivity index is 1.43. The summed E-state index contributed by atoms with van der Waals surface area (Å²) in [5.74, 6) is 2.04. The molecule has 2 aromatic carbocycles. The number of oxazole rings is 1. The second-order valence-electron chi connectivity index (χ2n) is 7.78. The number of hydrogen-bond acceptors (Lipinski definition) is 6. The number of hydrogen-bond donors (Lipinski definition) is 1. The highest BCUT2D eigenvalue weighted by Crippen LogP contribution is 2.28. The fourth-order valence-corrected chi connectivity index (χ4v) is 3.88. The van der Waals surface area contributed by atoms with Crippen LogP contribution in [0.25, 0.3) is 17.0 Å². The van der Waals surface area contributed by atoms with E-state index in [2.05, 4.69) is 16.4 Å². The Bertz CT molecular complexity index is 1100. The number of carbonyl (C=O) groups excluding carboxylic acids is 1. The van der Waals surface area contributed by atoms with E-state index in [1.165, 1.54) is 7.11 Å². The van der Waals surface area contributed by atoms with Crippen LogP contribution in [0.5, 0.6) is 5.75 Å². The van der Waals surface area contributed by atoms with E-state index in [9.17, 15) is 4.79 Å². The van der Waals surface area contributed by atoms with Gasteiger partial charge in [0.2, 0.25) is 5.89 Å². The second kappa shape index (κ2) is 10.3. The molecule has 2 heterocycles. The smallest absolute Gasteiger partial charge is 0.309 e. The van der Waals surface area contributed by atoms with Gasteiger partial charge >= 0.3 is 5.97 Å². The summed E-state index contributed by atoms with van der Waals surface area (Å²) < 4.78 is 16.7. The molecule has 3 aromatic rings. The molecular formula is C26H28N2O4. The Morgan fingerprint density at radius 1 is 1.12 bits per heavy atom. The van der Waals surface area contributed by atoms with E-state index in [1.54, 1.807) is 0 Å². The number of rotatable bonds is 8. The predicted molar refractivity (Wildman–Crippen MR) is 123 cm³/mol. The van der Waals surface area contributed by atoms with Crippen LogP contribution in [0.1, 0.15) is 29.9 Å². The maximum Gasteiger partial charge on any atom is 0.309 e. The van der Waals surface area contributed by atoms with Crippen LogP contribution in [0, 0.1) is 6.92 Å². The van der Waals surface area contributed by atoms with E-state index in [4.69, 9.17) is 13.9 Å².